The summed E-state index contributed by atoms with van der Waals surface area (Å²) in [7, 11) is 0. The van der Waals surface area contributed by atoms with E-state index in [2.05, 4.69) is 12.1 Å². The Morgan fingerprint density at radius 3 is 0.943 bits per heavy atom. The maximum absolute atomic E-state index is 11.6. The quantitative estimate of drug-likeness (QED) is 0.107. The standard InChI is InChI=1S/C82H110N2O4/c83-66-3-1-64(26-68(66)85)87-82(88-65-2-4-67(84)69(86)27-65)63-24-56-13-57(25-63)42-81(82,41-56)80-39-54-12-55(40-80)23-62(22-54)74(80)79-37-52-11-53(38-79)21-61(20-52)73(79)78-35-50-10-51(36-78)19-60(18-50)72(78)77-33-48-9-49(34-77)17-59(16-48)71(77)76-31-46-8-47(32-76)15-58(14-46)70(76)75-28-43-5-44(29-75)7-45(6-43)30-75/h1-4,26-27,43-63,70-74,85-86H,5-25,28-42,83-84H2. The van der Waals surface area contributed by atoms with Crippen LogP contribution in [0, 0.1) is 192 Å². The Kier molecular flexibility index (Phi) is 10.2. The van der Waals surface area contributed by atoms with E-state index in [1.165, 1.54) is 57.8 Å². The van der Waals surface area contributed by atoms with Crippen molar-refractivity contribution in [2.45, 2.75) is 237 Å². The number of benzene rings is 2. The molecule has 28 saturated carbocycles. The van der Waals surface area contributed by atoms with Crippen molar-refractivity contribution in [2.24, 2.45) is 192 Å². The van der Waals surface area contributed by atoms with Crippen molar-refractivity contribution in [1.29, 1.82) is 0 Å². The molecule has 0 spiro atoms. The van der Waals surface area contributed by atoms with Crippen LogP contribution >= 0.6 is 0 Å². The number of anilines is 2. The van der Waals surface area contributed by atoms with Gasteiger partial charge >= 0.3 is 0 Å². The van der Waals surface area contributed by atoms with Crippen LogP contribution in [0.15, 0.2) is 36.4 Å². The molecule has 0 saturated heterocycles. The molecule has 0 amide bonds. The minimum absolute atomic E-state index is 0.109. The van der Waals surface area contributed by atoms with Crippen LogP contribution < -0.4 is 20.9 Å². The summed E-state index contributed by atoms with van der Waals surface area (Å²) in [6.07, 6.45) is 55.6. The lowest BCUT2D eigenvalue weighted by Gasteiger charge is -2.83. The molecule has 28 aliphatic rings. The van der Waals surface area contributed by atoms with Crippen LogP contribution in [-0.2, 0) is 0 Å². The fourth-order valence-electron chi connectivity index (χ4n) is 39.4. The van der Waals surface area contributed by atoms with Crippen molar-refractivity contribution in [3.8, 4) is 23.0 Å². The van der Waals surface area contributed by atoms with E-state index < -0.39 is 5.79 Å². The molecule has 88 heavy (non-hydrogen) atoms. The lowest BCUT2D eigenvalue weighted by molar-refractivity contribution is -0.389. The third-order valence-electron chi connectivity index (χ3n) is 36.9. The molecule has 0 radical (unpaired) electrons. The first-order chi connectivity index (χ1) is 42.7. The smallest absolute Gasteiger partial charge is 0.260 e. The summed E-state index contributed by atoms with van der Waals surface area (Å²) in [6, 6.07) is 11.6. The molecular formula is C82H110N2O4. The molecule has 6 nitrogen and oxygen atoms in total. The van der Waals surface area contributed by atoms with E-state index in [4.69, 9.17) is 20.9 Å². The monoisotopic (exact) mass is 1190 g/mol. The zero-order chi connectivity index (χ0) is 57.6. The van der Waals surface area contributed by atoms with Crippen LogP contribution in [0.3, 0.4) is 0 Å². The van der Waals surface area contributed by atoms with Gasteiger partial charge < -0.3 is 31.2 Å². The van der Waals surface area contributed by atoms with E-state index in [1.54, 1.807) is 161 Å². The number of ether oxygens (including phenoxy) is 2. The molecule has 6 heteroatoms. The molecule has 0 heterocycles. The first-order valence-electron chi connectivity index (χ1n) is 39.2. The van der Waals surface area contributed by atoms with Crippen LogP contribution in [0.1, 0.15) is 231 Å². The number of rotatable bonds is 10. The highest BCUT2D eigenvalue weighted by Gasteiger charge is 2.85. The first kappa shape index (κ1) is 52.6. The van der Waals surface area contributed by atoms with Gasteiger partial charge in [-0.25, -0.2) is 0 Å². The van der Waals surface area contributed by atoms with Gasteiger partial charge in [-0.3, -0.25) is 0 Å². The van der Waals surface area contributed by atoms with E-state index in [9.17, 15) is 10.2 Å². The van der Waals surface area contributed by atoms with Gasteiger partial charge in [0.25, 0.3) is 5.79 Å². The van der Waals surface area contributed by atoms with Gasteiger partial charge in [-0.15, -0.1) is 0 Å². The zero-order valence-corrected chi connectivity index (χ0v) is 53.8. The molecular weight excluding hydrogens is 1080 g/mol. The average molecular weight is 1190 g/mol. The van der Waals surface area contributed by atoms with Crippen molar-refractivity contribution in [2.75, 3.05) is 11.5 Å². The Hall–Kier alpha value is -2.76. The highest BCUT2D eigenvalue weighted by atomic mass is 16.7. The molecule has 0 aromatic heterocycles. The lowest BCUT2D eigenvalue weighted by atomic mass is 9.21. The number of hydrogen-bond acceptors (Lipinski definition) is 6. The average Bonchev–Trinajstić information content (AvgIpc) is 0.730. The number of nitrogens with two attached hydrogens (primary N) is 2. The van der Waals surface area contributed by atoms with Crippen molar-refractivity contribution in [1.82, 2.24) is 0 Å². The van der Waals surface area contributed by atoms with E-state index >= 15 is 0 Å². The molecule has 472 valence electrons. The molecule has 17 unspecified atom stereocenters. The number of hydrogen-bond donors (Lipinski definition) is 4. The summed E-state index contributed by atoms with van der Waals surface area (Å²) in [5.74, 6) is 24.5. The van der Waals surface area contributed by atoms with Gasteiger partial charge in [0.15, 0.2) is 0 Å². The SMILES string of the molecule is Nc1ccc(OC2(Oc3ccc(N)c(O)c3)C3CC4CC(C3)CC2(C23CC5CC(CC(C5)C2C25CC6CC(CC(C6)C2C26CC7CC(CC(C7)C2C27CC8CC(CC(C8)C2C28CC9CC(CC(C9)C2C29CC%10CC(CC(C%10)C2)C9)C8)C7)C6)C5)C3)C4)cc1O. The summed E-state index contributed by atoms with van der Waals surface area (Å²) >= 11 is 0. The van der Waals surface area contributed by atoms with E-state index in [1.807, 2.05) is 24.3 Å². The third kappa shape index (κ3) is 6.42. The zero-order valence-electron chi connectivity index (χ0n) is 53.8. The van der Waals surface area contributed by atoms with E-state index in [0.717, 1.165) is 149 Å². The Morgan fingerprint density at radius 1 is 0.307 bits per heavy atom. The predicted molar refractivity (Wildman–Crippen MR) is 343 cm³/mol. The normalized spacial score (nSPS) is 60.1. The molecule has 17 atom stereocenters. The number of nitrogen functional groups attached to an aromatic ring is 2. The molecule has 28 bridgehead atoms. The summed E-state index contributed by atoms with van der Waals surface area (Å²) in [6.45, 7) is 0. The van der Waals surface area contributed by atoms with Crippen molar-refractivity contribution in [3.63, 3.8) is 0 Å². The Labute approximate surface area is 527 Å². The van der Waals surface area contributed by atoms with Crippen molar-refractivity contribution >= 4 is 11.4 Å². The van der Waals surface area contributed by atoms with Crippen LogP contribution in [0.5, 0.6) is 23.0 Å². The number of phenols is 2. The molecule has 0 aliphatic heterocycles. The van der Waals surface area contributed by atoms with Gasteiger partial charge in [0.05, 0.1) is 16.8 Å². The van der Waals surface area contributed by atoms with E-state index in [0.29, 0.717) is 61.8 Å². The van der Waals surface area contributed by atoms with Crippen LogP contribution in [0.2, 0.25) is 0 Å². The predicted octanol–water partition coefficient (Wildman–Crippen LogP) is 18.7. The highest BCUT2D eigenvalue weighted by molar-refractivity contribution is 5.56. The molecule has 2 aromatic rings. The topological polar surface area (TPSA) is 111 Å². The van der Waals surface area contributed by atoms with Crippen molar-refractivity contribution < 1.29 is 19.7 Å². The minimum atomic E-state index is -0.950. The highest BCUT2D eigenvalue weighted by Crippen LogP contribution is 2.90. The number of phenolic OH excluding ortho intramolecular Hbond substituents is 2. The maximum Gasteiger partial charge on any atom is 0.260 e. The molecule has 2 aromatic carbocycles. The molecule has 6 N–H and O–H groups in total. The summed E-state index contributed by atoms with van der Waals surface area (Å²) < 4.78 is 16.4. The molecule has 30 rings (SSSR count). The fraction of sp³-hybridized carbons (Fsp3) is 0.854. The van der Waals surface area contributed by atoms with Crippen LogP contribution in [-0.4, -0.2) is 16.0 Å². The number of aromatic hydroxyl groups is 2. The van der Waals surface area contributed by atoms with Gasteiger partial charge in [0.1, 0.15) is 23.0 Å². The molecule has 28 fully saturated rings. The molecule has 28 aliphatic carbocycles. The second-order valence-corrected chi connectivity index (χ2v) is 40.7. The Bertz CT molecular complexity index is 3110. The maximum atomic E-state index is 11.6. The largest absolute Gasteiger partial charge is 0.506 e. The Balaban J connectivity index is 0.730. The van der Waals surface area contributed by atoms with Gasteiger partial charge in [-0.2, -0.15) is 0 Å². The van der Waals surface area contributed by atoms with Crippen LogP contribution in [0.25, 0.3) is 0 Å². The third-order valence-corrected chi connectivity index (χ3v) is 36.9. The second-order valence-electron chi connectivity index (χ2n) is 40.7. The first-order valence-corrected chi connectivity index (χ1v) is 39.2. The van der Waals surface area contributed by atoms with Gasteiger partial charge in [-0.1, -0.05) is 0 Å². The minimum Gasteiger partial charge on any atom is -0.506 e. The lowest BCUT2D eigenvalue weighted by Crippen LogP contribution is -2.80. The van der Waals surface area contributed by atoms with Crippen molar-refractivity contribution in [3.05, 3.63) is 36.4 Å². The summed E-state index contributed by atoms with van der Waals surface area (Å²) in [5.41, 5.74) is 16.5. The second kappa shape index (κ2) is 17.0. The van der Waals surface area contributed by atoms with E-state index in [-0.39, 0.29) is 28.2 Å². The Morgan fingerprint density at radius 2 is 0.591 bits per heavy atom. The summed E-state index contributed by atoms with van der Waals surface area (Å²) in [4.78, 5) is 0. The van der Waals surface area contributed by atoms with Gasteiger partial charge in [-0.05, 0) is 436 Å². The van der Waals surface area contributed by atoms with Gasteiger partial charge in [0.2, 0.25) is 0 Å². The van der Waals surface area contributed by atoms with Crippen LogP contribution in [0.4, 0.5) is 11.4 Å². The summed E-state index contributed by atoms with van der Waals surface area (Å²) in [5, 5.41) is 23.1. The fourth-order valence-corrected chi connectivity index (χ4v) is 39.4. The van der Waals surface area contributed by atoms with Gasteiger partial charge in [0, 0.05) is 18.1 Å².